The molecule has 2 saturated heterocycles. The molecule has 0 bridgehead atoms. The number of carbonyl (C=O) groups excluding carboxylic acids is 5. The average Bonchev–Trinajstić information content (AvgIpc) is 0.756. The van der Waals surface area contributed by atoms with E-state index in [4.69, 9.17) is 18.9 Å². The van der Waals surface area contributed by atoms with Crippen LogP contribution in [0.4, 0.5) is 62.3 Å². The van der Waals surface area contributed by atoms with E-state index in [-0.39, 0.29) is 81.9 Å². The van der Waals surface area contributed by atoms with Gasteiger partial charge in [0, 0.05) is 13.8 Å². The van der Waals surface area contributed by atoms with Crippen molar-refractivity contribution in [2.45, 2.75) is 126 Å². The topological polar surface area (TPSA) is 173 Å². The van der Waals surface area contributed by atoms with Crippen molar-refractivity contribution < 1.29 is 101 Å². The highest BCUT2D eigenvalue weighted by atomic mass is 19.4. The predicted octanol–water partition coefficient (Wildman–Crippen LogP) is 14.2. The molecule has 6 atom stereocenters. The van der Waals surface area contributed by atoms with Crippen molar-refractivity contribution in [1.82, 2.24) is 20.4 Å². The number of hydrogen-bond donors (Lipinski definition) is 3. The van der Waals surface area contributed by atoms with Crippen LogP contribution in [0.3, 0.4) is 0 Å². The van der Waals surface area contributed by atoms with E-state index in [0.717, 1.165) is 0 Å². The van der Waals surface area contributed by atoms with E-state index in [1.54, 1.807) is 121 Å². The van der Waals surface area contributed by atoms with Gasteiger partial charge in [-0.3, -0.25) is 19.4 Å². The fourth-order valence-electron chi connectivity index (χ4n) is 11.2. The van der Waals surface area contributed by atoms with Gasteiger partial charge in [0.05, 0.1) is 84.0 Å². The molecule has 26 heteroatoms. The first-order valence-corrected chi connectivity index (χ1v) is 28.7. The van der Waals surface area contributed by atoms with Crippen LogP contribution in [0.5, 0.6) is 0 Å². The highest BCUT2D eigenvalue weighted by Crippen LogP contribution is 2.46. The van der Waals surface area contributed by atoms with Gasteiger partial charge < -0.3 is 39.5 Å². The first-order chi connectivity index (χ1) is 43.2. The normalized spacial score (nSPS) is 21.0. The Hall–Kier alpha value is -8.49. The number of benzene rings is 6. The molecule has 0 saturated carbocycles. The number of aliphatic hydroxyl groups is 1. The van der Waals surface area contributed by atoms with Crippen LogP contribution in [0.25, 0.3) is 0 Å². The van der Waals surface area contributed by atoms with Crippen molar-refractivity contribution in [2.75, 3.05) is 32.9 Å². The molecule has 0 radical (unpaired) electrons. The Balaban J connectivity index is 0.000000261. The Kier molecular flexibility index (Phi) is 22.4. The molecule has 0 aliphatic carbocycles. The van der Waals surface area contributed by atoms with Gasteiger partial charge in [0.15, 0.2) is 0 Å². The Bertz CT molecular complexity index is 3430. The van der Waals surface area contributed by atoms with E-state index in [9.17, 15) is 81.8 Å². The number of ether oxygens (including phenoxy) is 4. The van der Waals surface area contributed by atoms with Crippen LogP contribution in [0.2, 0.25) is 0 Å². The highest BCUT2D eigenvalue weighted by Gasteiger charge is 2.54. The van der Waals surface area contributed by atoms with E-state index in [1.165, 1.54) is 37.5 Å². The molecular weight excluding hydrogens is 1240 g/mol. The van der Waals surface area contributed by atoms with Gasteiger partial charge in [0.25, 0.3) is 0 Å². The molecule has 494 valence electrons. The van der Waals surface area contributed by atoms with Gasteiger partial charge in [-0.05, 0) is 109 Å². The summed E-state index contributed by atoms with van der Waals surface area (Å²) in [7, 11) is 0. The van der Waals surface area contributed by atoms with Crippen molar-refractivity contribution in [1.29, 1.82) is 0 Å². The zero-order chi connectivity index (χ0) is 67.5. The number of aliphatic hydroxyl groups excluding tert-OH is 1. The summed E-state index contributed by atoms with van der Waals surface area (Å²) >= 11 is 0. The molecular formula is C66H66F12N4O10. The molecule has 4 amide bonds. The summed E-state index contributed by atoms with van der Waals surface area (Å²) in [4.78, 5) is 66.8. The lowest BCUT2D eigenvalue weighted by Gasteiger charge is -2.53. The van der Waals surface area contributed by atoms with Crippen LogP contribution in [0.1, 0.15) is 121 Å². The highest BCUT2D eigenvalue weighted by molar-refractivity contribution is 5.81. The smallest absolute Gasteiger partial charge is 0.416 e. The minimum Gasteiger partial charge on any atom is -0.445 e. The zero-order valence-electron chi connectivity index (χ0n) is 50.1. The summed E-state index contributed by atoms with van der Waals surface area (Å²) < 4.78 is 186. The van der Waals surface area contributed by atoms with Crippen LogP contribution in [0, 0.1) is 0 Å². The maximum absolute atomic E-state index is 13.9. The molecule has 2 heterocycles. The molecule has 0 spiro atoms. The number of nitrogens with zero attached hydrogens (tertiary/aromatic N) is 2. The Labute approximate surface area is 521 Å². The van der Waals surface area contributed by atoms with E-state index >= 15 is 0 Å². The lowest BCUT2D eigenvalue weighted by molar-refractivity contribution is -0.145. The first-order valence-electron chi connectivity index (χ1n) is 28.7. The SMILES string of the molecule is CC(=O)NC1(C=O)CC[C@@](CO[C@H](C)c2cc(C(F)(F)F)cc(C(F)(F)F)c2)(c2ccccc2)N(C(=O)OCc2ccccc2)C1.CC(=O)NC1(CO)CC[C@@](CO[C@H](C)c2cc(C(F)(F)F)cc(C(F)(F)F)c2)(c2ccccc2)N(C(=O)OCc2ccccc2)C1. The zero-order valence-corrected chi connectivity index (χ0v) is 50.1. The van der Waals surface area contributed by atoms with Crippen molar-refractivity contribution >= 4 is 30.3 Å². The number of likely N-dealkylation sites (tertiary alicyclic amines) is 2. The van der Waals surface area contributed by atoms with Crippen LogP contribution < -0.4 is 10.6 Å². The Morgan fingerprint density at radius 1 is 0.500 bits per heavy atom. The number of nitrogens with one attached hydrogen (secondary N) is 2. The fraction of sp³-hybridized carbons (Fsp3) is 0.379. The third-order valence-corrected chi connectivity index (χ3v) is 16.1. The Morgan fingerprint density at radius 2 is 0.837 bits per heavy atom. The van der Waals surface area contributed by atoms with Gasteiger partial charge in [0.1, 0.15) is 25.0 Å². The summed E-state index contributed by atoms with van der Waals surface area (Å²) in [5.41, 5.74) is -9.75. The van der Waals surface area contributed by atoms with Gasteiger partial charge >= 0.3 is 36.9 Å². The minimum atomic E-state index is -5.05. The molecule has 0 aromatic heterocycles. The molecule has 2 unspecified atom stereocenters. The van der Waals surface area contributed by atoms with Crippen LogP contribution >= 0.6 is 0 Å². The molecule has 3 N–H and O–H groups in total. The molecule has 92 heavy (non-hydrogen) atoms. The fourth-order valence-corrected chi connectivity index (χ4v) is 11.2. The second-order valence-corrected chi connectivity index (χ2v) is 22.7. The molecule has 8 rings (SSSR count). The maximum atomic E-state index is 13.9. The Morgan fingerprint density at radius 3 is 1.16 bits per heavy atom. The number of hydrogen-bond acceptors (Lipinski definition) is 10. The summed E-state index contributed by atoms with van der Waals surface area (Å²) in [5.74, 6) is -0.972. The summed E-state index contributed by atoms with van der Waals surface area (Å²) in [6.45, 7) is 2.99. The van der Waals surface area contributed by atoms with E-state index < -0.39 is 119 Å². The second kappa shape index (κ2) is 29.0. The third kappa shape index (κ3) is 17.5. The molecule has 2 aliphatic rings. The van der Waals surface area contributed by atoms with Crippen molar-refractivity contribution in [3.63, 3.8) is 0 Å². The van der Waals surface area contributed by atoms with Gasteiger partial charge in [-0.2, -0.15) is 52.7 Å². The van der Waals surface area contributed by atoms with Gasteiger partial charge in [-0.1, -0.05) is 121 Å². The van der Waals surface area contributed by atoms with Gasteiger partial charge in [-0.15, -0.1) is 0 Å². The molecule has 2 fully saturated rings. The quantitative estimate of drug-likeness (QED) is 0.0555. The van der Waals surface area contributed by atoms with Gasteiger partial charge in [-0.25, -0.2) is 9.59 Å². The number of piperidine rings is 2. The van der Waals surface area contributed by atoms with Crippen LogP contribution in [-0.2, 0) is 82.3 Å². The van der Waals surface area contributed by atoms with Crippen molar-refractivity contribution in [3.05, 3.63) is 213 Å². The lowest BCUT2D eigenvalue weighted by atomic mass is 9.75. The first kappa shape index (κ1) is 71.0. The van der Waals surface area contributed by atoms with E-state index in [1.807, 2.05) is 0 Å². The average molecular weight is 1300 g/mol. The van der Waals surface area contributed by atoms with Crippen LogP contribution in [-0.4, -0.2) is 89.2 Å². The number of amides is 4. The van der Waals surface area contributed by atoms with E-state index in [0.29, 0.717) is 52.8 Å². The predicted molar refractivity (Wildman–Crippen MR) is 309 cm³/mol. The molecule has 6 aromatic carbocycles. The summed E-state index contributed by atoms with van der Waals surface area (Å²) in [5, 5.41) is 15.7. The summed E-state index contributed by atoms with van der Waals surface area (Å²) in [6, 6.07) is 37.1. The summed E-state index contributed by atoms with van der Waals surface area (Å²) in [6.07, 6.45) is -23.6. The molecule has 2 aliphatic heterocycles. The van der Waals surface area contributed by atoms with Crippen molar-refractivity contribution in [3.8, 4) is 0 Å². The number of alkyl halides is 12. The number of rotatable bonds is 18. The standard InChI is InChI=1S/C33H34F6N2O5.C33H32F6N2O5/c2*1-22(25-15-27(32(34,35)36)17-28(16-25)33(37,38)39)46-21-31(26-11-7-4-8-12-26)14-13-30(20-42,40-23(2)43)19-41(31)29(44)45-18-24-9-5-3-6-10-24/h3-12,15-17,22,42H,13-14,18-21H2,1-2H3,(H,40,43);3-12,15-17,20,22H,13-14,18-19,21H2,1-2H3,(H,40,43)/t2*22-,30?,31-/m11/s1. The number of aldehydes is 1. The van der Waals surface area contributed by atoms with Crippen LogP contribution in [0.15, 0.2) is 158 Å². The van der Waals surface area contributed by atoms with E-state index in [2.05, 4.69) is 10.6 Å². The van der Waals surface area contributed by atoms with Crippen molar-refractivity contribution in [2.24, 2.45) is 0 Å². The second-order valence-electron chi connectivity index (χ2n) is 22.7. The van der Waals surface area contributed by atoms with Gasteiger partial charge in [0.2, 0.25) is 11.8 Å². The largest absolute Gasteiger partial charge is 0.445 e. The third-order valence-electron chi connectivity index (χ3n) is 16.1. The molecule has 6 aromatic rings. The monoisotopic (exact) mass is 1300 g/mol. The minimum absolute atomic E-state index is 0.0135. The maximum Gasteiger partial charge on any atom is 0.416 e. The number of carbonyl (C=O) groups is 5. The number of halogens is 12. The lowest BCUT2D eigenvalue weighted by Crippen LogP contribution is -2.68. The molecule has 14 nitrogen and oxygen atoms in total.